The molecular weight excluding hydrogens is 330 g/mol. The largest absolute Gasteiger partial charge is 0.489 e. The van der Waals surface area contributed by atoms with E-state index in [1.165, 1.54) is 0 Å². The number of hydrogen-bond donors (Lipinski definition) is 1. The van der Waals surface area contributed by atoms with Crippen molar-refractivity contribution in [3.63, 3.8) is 0 Å². The van der Waals surface area contributed by atoms with E-state index in [0.717, 1.165) is 17.1 Å². The summed E-state index contributed by atoms with van der Waals surface area (Å²) in [5.41, 5.74) is 1.86. The van der Waals surface area contributed by atoms with Crippen molar-refractivity contribution in [2.45, 2.75) is 0 Å². The Morgan fingerprint density at radius 2 is 2.17 bits per heavy atom. The maximum Gasteiger partial charge on any atom is 0.332 e. The highest BCUT2D eigenvalue weighted by molar-refractivity contribution is 6.31. The number of nitrogens with zero attached hydrogens (tertiary/aromatic N) is 2. The van der Waals surface area contributed by atoms with Crippen LogP contribution in [0, 0.1) is 0 Å². The number of carbonyl (C=O) groups excluding carboxylic acids is 2. The molecule has 0 bridgehead atoms. The van der Waals surface area contributed by atoms with Crippen molar-refractivity contribution in [3.05, 3.63) is 47.5 Å². The maximum atomic E-state index is 12.4. The fourth-order valence-electron chi connectivity index (χ4n) is 2.47. The number of benzene rings is 2. The standard InChI is InChI=1S/C17H16ClN3O3/c1-20-7-8-24-16-10-14(5-6-15(16)20)21(11-22)17(23)19-13-4-2-3-12(18)9-13/h2-6,9-11H,7-8H2,1H3,(H,19,23). The van der Waals surface area contributed by atoms with E-state index in [0.29, 0.717) is 35.2 Å². The van der Waals surface area contributed by atoms with Crippen LogP contribution in [-0.4, -0.2) is 32.6 Å². The highest BCUT2D eigenvalue weighted by atomic mass is 35.5. The van der Waals surface area contributed by atoms with Gasteiger partial charge in [-0.1, -0.05) is 17.7 Å². The summed E-state index contributed by atoms with van der Waals surface area (Å²) in [5, 5.41) is 3.14. The van der Waals surface area contributed by atoms with Gasteiger partial charge in [-0.2, -0.15) is 0 Å². The lowest BCUT2D eigenvalue weighted by atomic mass is 10.2. The van der Waals surface area contributed by atoms with Gasteiger partial charge >= 0.3 is 6.03 Å². The van der Waals surface area contributed by atoms with E-state index in [4.69, 9.17) is 16.3 Å². The van der Waals surface area contributed by atoms with Crippen molar-refractivity contribution >= 4 is 41.1 Å². The highest BCUT2D eigenvalue weighted by Crippen LogP contribution is 2.34. The van der Waals surface area contributed by atoms with Crippen LogP contribution in [0.25, 0.3) is 0 Å². The Morgan fingerprint density at radius 3 is 2.92 bits per heavy atom. The Labute approximate surface area is 144 Å². The minimum atomic E-state index is -0.573. The first-order valence-corrected chi connectivity index (χ1v) is 7.75. The van der Waals surface area contributed by atoms with Crippen LogP contribution in [0.1, 0.15) is 0 Å². The van der Waals surface area contributed by atoms with Gasteiger partial charge < -0.3 is 15.0 Å². The van der Waals surface area contributed by atoms with Crippen molar-refractivity contribution in [2.24, 2.45) is 0 Å². The zero-order chi connectivity index (χ0) is 17.1. The molecule has 0 radical (unpaired) electrons. The number of rotatable bonds is 3. The first-order chi connectivity index (χ1) is 11.6. The molecule has 0 unspecified atom stereocenters. The normalized spacial score (nSPS) is 12.8. The molecule has 0 spiro atoms. The predicted octanol–water partition coefficient (Wildman–Crippen LogP) is 3.36. The predicted molar refractivity (Wildman–Crippen MR) is 94.2 cm³/mol. The summed E-state index contributed by atoms with van der Waals surface area (Å²) < 4.78 is 5.61. The molecule has 0 saturated heterocycles. The lowest BCUT2D eigenvalue weighted by molar-refractivity contribution is -0.106. The molecule has 0 aliphatic carbocycles. The van der Waals surface area contributed by atoms with Crippen LogP contribution in [0.15, 0.2) is 42.5 Å². The zero-order valence-corrected chi connectivity index (χ0v) is 13.8. The van der Waals surface area contributed by atoms with Gasteiger partial charge in [0, 0.05) is 23.8 Å². The molecule has 3 rings (SSSR count). The van der Waals surface area contributed by atoms with Crippen LogP contribution in [-0.2, 0) is 4.79 Å². The number of fused-ring (bicyclic) bond motifs is 1. The van der Waals surface area contributed by atoms with E-state index >= 15 is 0 Å². The van der Waals surface area contributed by atoms with Gasteiger partial charge in [-0.15, -0.1) is 0 Å². The number of anilines is 3. The summed E-state index contributed by atoms with van der Waals surface area (Å²) >= 11 is 5.90. The number of halogens is 1. The molecule has 7 heteroatoms. The number of hydrogen-bond acceptors (Lipinski definition) is 4. The van der Waals surface area contributed by atoms with Gasteiger partial charge in [0.15, 0.2) is 0 Å². The minimum absolute atomic E-state index is 0.429. The van der Waals surface area contributed by atoms with Gasteiger partial charge in [0.2, 0.25) is 6.41 Å². The summed E-state index contributed by atoms with van der Waals surface area (Å²) in [6.07, 6.45) is 0.466. The molecule has 0 saturated carbocycles. The second-order valence-electron chi connectivity index (χ2n) is 5.34. The molecule has 0 atom stereocenters. The van der Waals surface area contributed by atoms with Crippen molar-refractivity contribution < 1.29 is 14.3 Å². The quantitative estimate of drug-likeness (QED) is 0.866. The third kappa shape index (κ3) is 3.28. The lowest BCUT2D eigenvalue weighted by Crippen LogP contribution is -2.34. The summed E-state index contributed by atoms with van der Waals surface area (Å²) in [4.78, 5) is 26.8. The molecule has 2 aromatic rings. The van der Waals surface area contributed by atoms with Crippen LogP contribution in [0.4, 0.5) is 21.9 Å². The smallest absolute Gasteiger partial charge is 0.332 e. The summed E-state index contributed by atoms with van der Waals surface area (Å²) in [5.74, 6) is 0.642. The third-order valence-corrected chi connectivity index (χ3v) is 3.95. The molecule has 1 aliphatic rings. The average molecular weight is 346 g/mol. The number of nitrogens with one attached hydrogen (secondary N) is 1. The van der Waals surface area contributed by atoms with Crippen LogP contribution in [0.3, 0.4) is 0 Å². The van der Waals surface area contributed by atoms with E-state index in [1.54, 1.807) is 36.4 Å². The molecule has 0 fully saturated rings. The Bertz CT molecular complexity index is 781. The second kappa shape index (κ2) is 6.80. The van der Waals surface area contributed by atoms with Gasteiger partial charge in [0.1, 0.15) is 12.4 Å². The van der Waals surface area contributed by atoms with E-state index < -0.39 is 6.03 Å². The third-order valence-electron chi connectivity index (χ3n) is 3.72. The summed E-state index contributed by atoms with van der Waals surface area (Å²) in [7, 11) is 1.96. The number of likely N-dealkylation sites (N-methyl/N-ethyl adjacent to an activating group) is 1. The molecule has 1 aliphatic heterocycles. The van der Waals surface area contributed by atoms with Crippen molar-refractivity contribution in [2.75, 3.05) is 35.3 Å². The Balaban J connectivity index is 1.83. The summed E-state index contributed by atoms with van der Waals surface area (Å²) in [6, 6.07) is 11.3. The number of amides is 3. The first kappa shape index (κ1) is 16.1. The van der Waals surface area contributed by atoms with Gasteiger partial charge in [0.05, 0.1) is 17.9 Å². The first-order valence-electron chi connectivity index (χ1n) is 7.37. The van der Waals surface area contributed by atoms with Gasteiger partial charge in [-0.05, 0) is 30.3 Å². The van der Waals surface area contributed by atoms with Crippen molar-refractivity contribution in [1.29, 1.82) is 0 Å². The topological polar surface area (TPSA) is 61.9 Å². The van der Waals surface area contributed by atoms with E-state index in [9.17, 15) is 9.59 Å². The second-order valence-corrected chi connectivity index (χ2v) is 5.77. The summed E-state index contributed by atoms with van der Waals surface area (Å²) in [6.45, 7) is 1.35. The van der Waals surface area contributed by atoms with Crippen LogP contribution < -0.4 is 19.9 Å². The average Bonchev–Trinajstić information content (AvgIpc) is 2.55. The number of urea groups is 1. The van der Waals surface area contributed by atoms with Gasteiger partial charge in [0.25, 0.3) is 0 Å². The monoisotopic (exact) mass is 345 g/mol. The number of ether oxygens (including phenoxy) is 1. The van der Waals surface area contributed by atoms with E-state index in [-0.39, 0.29) is 0 Å². The molecule has 1 N–H and O–H groups in total. The van der Waals surface area contributed by atoms with Gasteiger partial charge in [-0.25, -0.2) is 9.69 Å². The van der Waals surface area contributed by atoms with E-state index in [2.05, 4.69) is 10.2 Å². The number of carbonyl (C=O) groups is 2. The van der Waals surface area contributed by atoms with Crippen molar-refractivity contribution in [1.82, 2.24) is 0 Å². The molecule has 124 valence electrons. The zero-order valence-electron chi connectivity index (χ0n) is 13.0. The molecule has 6 nitrogen and oxygen atoms in total. The SMILES string of the molecule is CN1CCOc2cc(N(C=O)C(=O)Nc3cccc(Cl)c3)ccc21. The Hall–Kier alpha value is -2.73. The minimum Gasteiger partial charge on any atom is -0.489 e. The van der Waals surface area contributed by atoms with E-state index in [1.807, 2.05) is 13.1 Å². The molecule has 2 aromatic carbocycles. The molecule has 24 heavy (non-hydrogen) atoms. The van der Waals surface area contributed by atoms with Crippen LogP contribution in [0.2, 0.25) is 5.02 Å². The van der Waals surface area contributed by atoms with Gasteiger partial charge in [-0.3, -0.25) is 4.79 Å². The lowest BCUT2D eigenvalue weighted by Gasteiger charge is -2.28. The molecule has 3 amide bonds. The maximum absolute atomic E-state index is 12.4. The van der Waals surface area contributed by atoms with Crippen LogP contribution >= 0.6 is 11.6 Å². The molecule has 1 heterocycles. The van der Waals surface area contributed by atoms with Crippen LogP contribution in [0.5, 0.6) is 5.75 Å². The Morgan fingerprint density at radius 1 is 1.33 bits per heavy atom. The highest BCUT2D eigenvalue weighted by Gasteiger charge is 2.20. The molecular formula is C17H16ClN3O3. The van der Waals surface area contributed by atoms with Crippen molar-refractivity contribution in [3.8, 4) is 5.75 Å². The molecule has 0 aromatic heterocycles. The Kier molecular flexibility index (Phi) is 4.57. The fraction of sp³-hybridized carbons (Fsp3) is 0.176. The fourth-order valence-corrected chi connectivity index (χ4v) is 2.66. The number of imide groups is 1.